The Labute approximate surface area is 102 Å². The highest BCUT2D eigenvalue weighted by Gasteiger charge is 2.34. The Morgan fingerprint density at radius 3 is 2.32 bits per heavy atom. The molecule has 0 aliphatic carbocycles. The molecule has 0 atom stereocenters. The number of nitrogens with zero attached hydrogens (tertiary/aromatic N) is 1. The zero-order chi connectivity index (χ0) is 14.8. The lowest BCUT2D eigenvalue weighted by Crippen LogP contribution is -2.12. The van der Waals surface area contributed by atoms with E-state index in [4.69, 9.17) is 10.4 Å². The molecule has 0 aliphatic rings. The summed E-state index contributed by atoms with van der Waals surface area (Å²) in [6.45, 7) is -3.49. The highest BCUT2D eigenvalue weighted by molar-refractivity contribution is 5.92. The van der Waals surface area contributed by atoms with Crippen LogP contribution < -0.4 is 4.74 Å². The van der Waals surface area contributed by atoms with Gasteiger partial charge in [-0.2, -0.15) is 27.2 Å². The number of halogens is 5. The summed E-state index contributed by atoms with van der Waals surface area (Å²) in [6.07, 6.45) is -4.96. The summed E-state index contributed by atoms with van der Waals surface area (Å²) >= 11 is 0. The average molecular weight is 281 g/mol. The van der Waals surface area contributed by atoms with Gasteiger partial charge >= 0.3 is 18.8 Å². The van der Waals surface area contributed by atoms with E-state index in [0.717, 1.165) is 0 Å². The Balaban J connectivity index is 3.55. The molecular formula is C10H4F5NO3. The number of carboxylic acid groups (broad SMARTS) is 1. The molecule has 0 aliphatic heterocycles. The van der Waals surface area contributed by atoms with Gasteiger partial charge in [0.05, 0.1) is 11.1 Å². The van der Waals surface area contributed by atoms with Crippen molar-refractivity contribution in [3.8, 4) is 11.8 Å². The topological polar surface area (TPSA) is 70.3 Å². The lowest BCUT2D eigenvalue weighted by atomic mass is 10.0. The van der Waals surface area contributed by atoms with Gasteiger partial charge in [-0.25, -0.2) is 4.79 Å². The number of hydrogen-bond donors (Lipinski definition) is 1. The Morgan fingerprint density at radius 1 is 1.37 bits per heavy atom. The lowest BCUT2D eigenvalue weighted by Gasteiger charge is -2.13. The maximum absolute atomic E-state index is 12.5. The van der Waals surface area contributed by atoms with Crippen LogP contribution in [0.4, 0.5) is 22.0 Å². The fourth-order valence-electron chi connectivity index (χ4n) is 1.25. The van der Waals surface area contributed by atoms with Crippen molar-refractivity contribution >= 4 is 5.97 Å². The number of benzene rings is 1. The first-order chi connectivity index (χ1) is 8.66. The van der Waals surface area contributed by atoms with E-state index < -0.39 is 41.2 Å². The van der Waals surface area contributed by atoms with Crippen LogP contribution in [0.3, 0.4) is 0 Å². The Kier molecular flexibility index (Phi) is 3.94. The van der Waals surface area contributed by atoms with Crippen LogP contribution in [0.1, 0.15) is 21.5 Å². The van der Waals surface area contributed by atoms with E-state index in [1.807, 2.05) is 0 Å². The first-order valence-electron chi connectivity index (χ1n) is 4.50. The number of carboxylic acids is 1. The van der Waals surface area contributed by atoms with Gasteiger partial charge in [0, 0.05) is 0 Å². The molecule has 1 aromatic rings. The third-order valence-corrected chi connectivity index (χ3v) is 1.99. The van der Waals surface area contributed by atoms with Gasteiger partial charge in [-0.15, -0.1) is 0 Å². The maximum atomic E-state index is 12.5. The third-order valence-electron chi connectivity index (χ3n) is 1.99. The van der Waals surface area contributed by atoms with Crippen LogP contribution in [-0.2, 0) is 6.18 Å². The van der Waals surface area contributed by atoms with E-state index in [2.05, 4.69) is 4.74 Å². The van der Waals surface area contributed by atoms with E-state index in [0.29, 0.717) is 0 Å². The average Bonchev–Trinajstić information content (AvgIpc) is 2.25. The number of carbonyl (C=O) groups is 1. The van der Waals surface area contributed by atoms with Crippen molar-refractivity contribution in [1.82, 2.24) is 0 Å². The maximum Gasteiger partial charge on any atom is 0.416 e. The van der Waals surface area contributed by atoms with Gasteiger partial charge < -0.3 is 9.84 Å². The number of nitriles is 1. The normalized spacial score (nSPS) is 11.2. The Hall–Kier alpha value is -2.37. The van der Waals surface area contributed by atoms with E-state index >= 15 is 0 Å². The predicted octanol–water partition coefficient (Wildman–Crippen LogP) is 2.88. The van der Waals surface area contributed by atoms with Gasteiger partial charge in [0.1, 0.15) is 17.4 Å². The number of aromatic carboxylic acids is 1. The van der Waals surface area contributed by atoms with Crippen molar-refractivity contribution in [2.75, 3.05) is 0 Å². The molecule has 1 aromatic carbocycles. The van der Waals surface area contributed by atoms with Gasteiger partial charge in [0.2, 0.25) is 0 Å². The predicted molar refractivity (Wildman–Crippen MR) is 49.8 cm³/mol. The highest BCUT2D eigenvalue weighted by atomic mass is 19.4. The molecule has 0 saturated heterocycles. The second kappa shape index (κ2) is 5.09. The van der Waals surface area contributed by atoms with Crippen LogP contribution in [0.25, 0.3) is 0 Å². The largest absolute Gasteiger partial charge is 0.478 e. The summed E-state index contributed by atoms with van der Waals surface area (Å²) in [5.41, 5.74) is -3.46. The van der Waals surface area contributed by atoms with Crippen molar-refractivity contribution < 1.29 is 36.6 Å². The fraction of sp³-hybridized carbons (Fsp3) is 0.200. The zero-order valence-corrected chi connectivity index (χ0v) is 8.83. The van der Waals surface area contributed by atoms with Crippen molar-refractivity contribution in [3.05, 3.63) is 28.8 Å². The second-order valence-electron chi connectivity index (χ2n) is 3.19. The Bertz CT molecular complexity index is 547. The summed E-state index contributed by atoms with van der Waals surface area (Å²) in [5.74, 6) is -2.99. The van der Waals surface area contributed by atoms with Gasteiger partial charge in [0.15, 0.2) is 0 Å². The molecule has 1 N–H and O–H groups in total. The summed E-state index contributed by atoms with van der Waals surface area (Å²) in [7, 11) is 0. The highest BCUT2D eigenvalue weighted by Crippen LogP contribution is 2.35. The van der Waals surface area contributed by atoms with E-state index in [9.17, 15) is 26.7 Å². The second-order valence-corrected chi connectivity index (χ2v) is 3.19. The number of hydrogen-bond acceptors (Lipinski definition) is 3. The molecule has 1 rings (SSSR count). The molecule has 0 saturated carbocycles. The molecule has 0 unspecified atom stereocenters. The van der Waals surface area contributed by atoms with Crippen LogP contribution in [0.2, 0.25) is 0 Å². The summed E-state index contributed by atoms with van der Waals surface area (Å²) in [4.78, 5) is 10.7. The minimum absolute atomic E-state index is 0.150. The van der Waals surface area contributed by atoms with Crippen LogP contribution in [0, 0.1) is 11.3 Å². The summed E-state index contributed by atoms with van der Waals surface area (Å²) < 4.78 is 65.2. The van der Waals surface area contributed by atoms with Crippen molar-refractivity contribution in [3.63, 3.8) is 0 Å². The molecule has 19 heavy (non-hydrogen) atoms. The molecule has 0 heterocycles. The number of alkyl halides is 5. The SMILES string of the molecule is N#Cc1c(OC(F)F)cc(C(F)(F)F)cc1C(=O)O. The smallest absolute Gasteiger partial charge is 0.416 e. The minimum Gasteiger partial charge on any atom is -0.478 e. The molecule has 0 bridgehead atoms. The summed E-state index contributed by atoms with van der Waals surface area (Å²) in [5, 5.41) is 17.3. The van der Waals surface area contributed by atoms with Crippen LogP contribution in [-0.4, -0.2) is 17.7 Å². The van der Waals surface area contributed by atoms with Gasteiger partial charge in [-0.3, -0.25) is 0 Å². The molecule has 9 heteroatoms. The monoisotopic (exact) mass is 281 g/mol. The van der Waals surface area contributed by atoms with Crippen molar-refractivity contribution in [2.45, 2.75) is 12.8 Å². The van der Waals surface area contributed by atoms with Gasteiger partial charge in [-0.1, -0.05) is 0 Å². The van der Waals surface area contributed by atoms with Crippen LogP contribution in [0.15, 0.2) is 12.1 Å². The van der Waals surface area contributed by atoms with E-state index in [-0.39, 0.29) is 12.1 Å². The molecule has 0 spiro atoms. The Morgan fingerprint density at radius 2 is 1.95 bits per heavy atom. The molecule has 0 aromatic heterocycles. The molecular weight excluding hydrogens is 277 g/mol. The van der Waals surface area contributed by atoms with Gasteiger partial charge in [0.25, 0.3) is 0 Å². The quantitative estimate of drug-likeness (QED) is 0.865. The molecule has 4 nitrogen and oxygen atoms in total. The summed E-state index contributed by atoms with van der Waals surface area (Å²) in [6, 6.07) is 1.55. The van der Waals surface area contributed by atoms with Crippen LogP contribution in [0.5, 0.6) is 5.75 Å². The molecule has 102 valence electrons. The standard InChI is InChI=1S/C10H4F5NO3/c11-9(12)19-7-2-4(10(13,14)15)1-5(8(17)18)6(7)3-16/h1-2,9H,(H,17,18). The minimum atomic E-state index is -4.96. The first kappa shape index (κ1) is 14.7. The zero-order valence-electron chi connectivity index (χ0n) is 8.83. The van der Waals surface area contributed by atoms with E-state index in [1.54, 1.807) is 0 Å². The molecule has 0 radical (unpaired) electrons. The molecule has 0 amide bonds. The fourth-order valence-corrected chi connectivity index (χ4v) is 1.25. The molecule has 0 fully saturated rings. The number of rotatable bonds is 3. The van der Waals surface area contributed by atoms with Gasteiger partial charge in [-0.05, 0) is 12.1 Å². The number of ether oxygens (including phenoxy) is 1. The van der Waals surface area contributed by atoms with E-state index in [1.165, 1.54) is 6.07 Å². The lowest BCUT2D eigenvalue weighted by molar-refractivity contribution is -0.138. The van der Waals surface area contributed by atoms with Crippen molar-refractivity contribution in [1.29, 1.82) is 5.26 Å². The van der Waals surface area contributed by atoms with Crippen molar-refractivity contribution in [2.24, 2.45) is 0 Å². The third kappa shape index (κ3) is 3.31. The van der Waals surface area contributed by atoms with Crippen LogP contribution >= 0.6 is 0 Å². The first-order valence-corrected chi connectivity index (χ1v) is 4.50.